The van der Waals surface area contributed by atoms with E-state index in [0.29, 0.717) is 24.0 Å². The van der Waals surface area contributed by atoms with E-state index in [4.69, 9.17) is 16.0 Å². The van der Waals surface area contributed by atoms with Crippen molar-refractivity contribution in [2.24, 2.45) is 0 Å². The predicted molar refractivity (Wildman–Crippen MR) is 69.4 cm³/mol. The molecule has 1 atom stereocenters. The molecule has 2 N–H and O–H groups in total. The molecule has 1 heterocycles. The summed E-state index contributed by atoms with van der Waals surface area (Å²) in [7, 11) is 0. The van der Waals surface area contributed by atoms with Gasteiger partial charge in [-0.15, -0.1) is 0 Å². The summed E-state index contributed by atoms with van der Waals surface area (Å²) < 4.78 is 5.31. The highest BCUT2D eigenvalue weighted by Gasteiger charge is 2.10. The Hall–Kier alpha value is -1.36. The van der Waals surface area contributed by atoms with Gasteiger partial charge in [-0.1, -0.05) is 29.8 Å². The van der Waals surface area contributed by atoms with Gasteiger partial charge in [-0.25, -0.2) is 4.98 Å². The number of aromatic nitrogens is 1. The first-order valence-corrected chi connectivity index (χ1v) is 6.09. The second-order valence-corrected chi connectivity index (χ2v) is 4.44. The molecule has 0 aliphatic carbocycles. The van der Waals surface area contributed by atoms with E-state index in [1.807, 2.05) is 25.1 Å². The Bertz CT molecular complexity index is 513. The highest BCUT2D eigenvalue weighted by atomic mass is 35.5. The van der Waals surface area contributed by atoms with Gasteiger partial charge < -0.3 is 14.8 Å². The van der Waals surface area contributed by atoms with Crippen molar-refractivity contribution in [1.82, 2.24) is 10.3 Å². The summed E-state index contributed by atoms with van der Waals surface area (Å²) in [6, 6.07) is 7.25. The van der Waals surface area contributed by atoms with Crippen molar-refractivity contribution >= 4 is 11.6 Å². The molecular formula is C13H15ClN2O2. The largest absolute Gasteiger partial charge is 0.445 e. The van der Waals surface area contributed by atoms with Gasteiger partial charge in [-0.2, -0.15) is 0 Å². The number of nitrogens with one attached hydrogen (secondary N) is 1. The summed E-state index contributed by atoms with van der Waals surface area (Å²) in [6.07, 6.45) is 1.02. The normalized spacial score (nSPS) is 12.6. The molecule has 0 saturated carbocycles. The third kappa shape index (κ3) is 3.32. The summed E-state index contributed by atoms with van der Waals surface area (Å²) in [6.45, 7) is 2.72. The molecule has 0 saturated heterocycles. The third-order valence-electron chi connectivity index (χ3n) is 2.55. The van der Waals surface area contributed by atoms with Crippen molar-refractivity contribution in [3.05, 3.63) is 52.7 Å². The summed E-state index contributed by atoms with van der Waals surface area (Å²) in [5.41, 5.74) is 0.718. The van der Waals surface area contributed by atoms with E-state index in [0.717, 1.165) is 11.3 Å². The van der Waals surface area contributed by atoms with Gasteiger partial charge in [-0.3, -0.25) is 0 Å². The fourth-order valence-electron chi connectivity index (χ4n) is 1.65. The van der Waals surface area contributed by atoms with Crippen LogP contribution in [0, 0.1) is 6.92 Å². The number of hydrogen-bond acceptors (Lipinski definition) is 4. The number of nitrogens with zero attached hydrogens (tertiary/aromatic N) is 1. The van der Waals surface area contributed by atoms with Gasteiger partial charge in [0.2, 0.25) is 5.89 Å². The minimum atomic E-state index is -0.644. The molecule has 0 spiro atoms. The van der Waals surface area contributed by atoms with Crippen LogP contribution in [0.25, 0.3) is 0 Å². The van der Waals surface area contributed by atoms with E-state index >= 15 is 0 Å². The summed E-state index contributed by atoms with van der Waals surface area (Å²) in [5, 5.41) is 13.6. The minimum absolute atomic E-state index is 0.394. The lowest BCUT2D eigenvalue weighted by molar-refractivity contribution is 0.173. The Morgan fingerprint density at radius 3 is 2.89 bits per heavy atom. The van der Waals surface area contributed by atoms with Gasteiger partial charge in [0.25, 0.3) is 0 Å². The fourth-order valence-corrected chi connectivity index (χ4v) is 1.92. The van der Waals surface area contributed by atoms with Gasteiger partial charge in [0, 0.05) is 17.1 Å². The highest BCUT2D eigenvalue weighted by molar-refractivity contribution is 6.31. The number of rotatable bonds is 5. The van der Waals surface area contributed by atoms with Crippen molar-refractivity contribution < 1.29 is 9.52 Å². The van der Waals surface area contributed by atoms with Crippen LogP contribution < -0.4 is 5.32 Å². The van der Waals surface area contributed by atoms with E-state index in [2.05, 4.69) is 10.3 Å². The molecule has 18 heavy (non-hydrogen) atoms. The zero-order chi connectivity index (χ0) is 13.0. The van der Waals surface area contributed by atoms with Crippen LogP contribution in [-0.2, 0) is 6.54 Å². The molecule has 0 fully saturated rings. The third-order valence-corrected chi connectivity index (χ3v) is 2.89. The van der Waals surface area contributed by atoms with Crippen molar-refractivity contribution in [2.75, 3.05) is 6.54 Å². The summed E-state index contributed by atoms with van der Waals surface area (Å²) in [4.78, 5) is 4.07. The SMILES string of the molecule is Cc1cnc(CNCC(O)c2ccccc2Cl)o1. The first-order valence-electron chi connectivity index (χ1n) is 5.71. The molecule has 0 bridgehead atoms. The molecule has 1 unspecified atom stereocenters. The molecule has 0 amide bonds. The van der Waals surface area contributed by atoms with Crippen molar-refractivity contribution in [2.45, 2.75) is 19.6 Å². The van der Waals surface area contributed by atoms with Gasteiger partial charge >= 0.3 is 0 Å². The highest BCUT2D eigenvalue weighted by Crippen LogP contribution is 2.21. The molecule has 4 nitrogen and oxygen atoms in total. The Morgan fingerprint density at radius 1 is 1.44 bits per heavy atom. The lowest BCUT2D eigenvalue weighted by atomic mass is 10.1. The molecule has 2 rings (SSSR count). The van der Waals surface area contributed by atoms with Crippen LogP contribution in [-0.4, -0.2) is 16.6 Å². The van der Waals surface area contributed by atoms with Gasteiger partial charge in [0.15, 0.2) is 0 Å². The quantitative estimate of drug-likeness (QED) is 0.873. The molecule has 2 aromatic rings. The maximum atomic E-state index is 9.99. The number of aliphatic hydroxyl groups is 1. The van der Waals surface area contributed by atoms with E-state index < -0.39 is 6.10 Å². The Morgan fingerprint density at radius 2 is 2.22 bits per heavy atom. The van der Waals surface area contributed by atoms with Crippen LogP contribution in [0.15, 0.2) is 34.9 Å². The lowest BCUT2D eigenvalue weighted by Crippen LogP contribution is -2.21. The van der Waals surface area contributed by atoms with Crippen LogP contribution in [0.4, 0.5) is 0 Å². The van der Waals surface area contributed by atoms with Gasteiger partial charge in [0.05, 0.1) is 18.8 Å². The molecular weight excluding hydrogens is 252 g/mol. The number of hydrogen-bond donors (Lipinski definition) is 2. The fraction of sp³-hybridized carbons (Fsp3) is 0.308. The smallest absolute Gasteiger partial charge is 0.208 e. The number of oxazole rings is 1. The molecule has 0 aliphatic heterocycles. The zero-order valence-corrected chi connectivity index (χ0v) is 10.8. The Labute approximate surface area is 111 Å². The van der Waals surface area contributed by atoms with Crippen LogP contribution in [0.2, 0.25) is 5.02 Å². The van der Waals surface area contributed by atoms with Crippen LogP contribution >= 0.6 is 11.6 Å². The molecule has 0 aliphatic rings. The number of halogens is 1. The van der Waals surface area contributed by atoms with E-state index in [-0.39, 0.29) is 0 Å². The zero-order valence-electron chi connectivity index (χ0n) is 10.1. The van der Waals surface area contributed by atoms with Gasteiger partial charge in [0.1, 0.15) is 5.76 Å². The van der Waals surface area contributed by atoms with E-state index in [9.17, 15) is 5.11 Å². The molecule has 0 radical (unpaired) electrons. The number of aliphatic hydroxyl groups excluding tert-OH is 1. The number of aryl methyl sites for hydroxylation is 1. The van der Waals surface area contributed by atoms with Crippen molar-refractivity contribution in [1.29, 1.82) is 0 Å². The average Bonchev–Trinajstić information content (AvgIpc) is 2.75. The lowest BCUT2D eigenvalue weighted by Gasteiger charge is -2.12. The monoisotopic (exact) mass is 266 g/mol. The van der Waals surface area contributed by atoms with E-state index in [1.165, 1.54) is 0 Å². The minimum Gasteiger partial charge on any atom is -0.445 e. The van der Waals surface area contributed by atoms with Crippen LogP contribution in [0.1, 0.15) is 23.3 Å². The second kappa shape index (κ2) is 6.00. The maximum Gasteiger partial charge on any atom is 0.208 e. The predicted octanol–water partition coefficient (Wildman–Crippen LogP) is 2.46. The van der Waals surface area contributed by atoms with Crippen molar-refractivity contribution in [3.8, 4) is 0 Å². The van der Waals surface area contributed by atoms with Gasteiger partial charge in [-0.05, 0) is 13.0 Å². The molecule has 96 valence electrons. The first-order chi connectivity index (χ1) is 8.66. The van der Waals surface area contributed by atoms with Crippen LogP contribution in [0.3, 0.4) is 0 Å². The second-order valence-electron chi connectivity index (χ2n) is 4.03. The van der Waals surface area contributed by atoms with Crippen LogP contribution in [0.5, 0.6) is 0 Å². The maximum absolute atomic E-state index is 9.99. The topological polar surface area (TPSA) is 58.3 Å². The summed E-state index contributed by atoms with van der Waals surface area (Å²) in [5.74, 6) is 1.39. The Balaban J connectivity index is 1.85. The average molecular weight is 267 g/mol. The molecule has 1 aromatic carbocycles. The first kappa shape index (κ1) is 13.1. The number of benzene rings is 1. The Kier molecular flexibility index (Phi) is 4.36. The molecule has 1 aromatic heterocycles. The molecule has 5 heteroatoms. The summed E-state index contributed by atoms with van der Waals surface area (Å²) >= 11 is 6.00. The van der Waals surface area contributed by atoms with E-state index in [1.54, 1.807) is 12.3 Å². The standard InChI is InChI=1S/C13H15ClN2O2/c1-9-6-16-13(18-9)8-15-7-12(17)10-4-2-3-5-11(10)14/h2-6,12,15,17H,7-8H2,1H3. The van der Waals surface area contributed by atoms with Crippen molar-refractivity contribution in [3.63, 3.8) is 0 Å².